The fraction of sp³-hybridized carbons (Fsp3) is 0.586. The molecule has 1 saturated carbocycles. The van der Waals surface area contributed by atoms with E-state index in [-0.39, 0.29) is 43.2 Å². The van der Waals surface area contributed by atoms with Gasteiger partial charge in [-0.05, 0) is 97.3 Å². The molecule has 0 saturated heterocycles. The number of aryl methyl sites for hydroxylation is 2. The van der Waals surface area contributed by atoms with Gasteiger partial charge in [0.25, 0.3) is 0 Å². The molecule has 208 valence electrons. The molecule has 2 aromatic rings. The van der Waals surface area contributed by atoms with Gasteiger partial charge < -0.3 is 23.9 Å². The lowest BCUT2D eigenvalue weighted by atomic mass is 9.82. The molecule has 0 unspecified atom stereocenters. The van der Waals surface area contributed by atoms with Gasteiger partial charge in [0.15, 0.2) is 0 Å². The van der Waals surface area contributed by atoms with Crippen LogP contribution in [-0.2, 0) is 25.5 Å². The van der Waals surface area contributed by atoms with Crippen molar-refractivity contribution < 1.29 is 33.0 Å². The van der Waals surface area contributed by atoms with Gasteiger partial charge in [-0.3, -0.25) is 9.59 Å². The number of amides is 1. The van der Waals surface area contributed by atoms with Crippen molar-refractivity contribution in [2.75, 3.05) is 13.2 Å². The number of rotatable bonds is 8. The van der Waals surface area contributed by atoms with Gasteiger partial charge >= 0.3 is 23.7 Å². The van der Waals surface area contributed by atoms with Crippen LogP contribution in [0.3, 0.4) is 0 Å². The third-order valence-corrected chi connectivity index (χ3v) is 6.86. The Morgan fingerprint density at radius 3 is 2.37 bits per heavy atom. The highest BCUT2D eigenvalue weighted by atomic mass is 16.6. The zero-order valence-corrected chi connectivity index (χ0v) is 23.2. The second kappa shape index (κ2) is 12.5. The van der Waals surface area contributed by atoms with Gasteiger partial charge in [-0.25, -0.2) is 9.59 Å². The Bertz CT molecular complexity index is 1230. The molecule has 0 radical (unpaired) electrons. The topological polar surface area (TPSA) is 121 Å². The van der Waals surface area contributed by atoms with Gasteiger partial charge in [-0.1, -0.05) is 0 Å². The minimum Gasteiger partial charge on any atom is -0.466 e. The molecule has 9 nitrogen and oxygen atoms in total. The molecule has 1 fully saturated rings. The fourth-order valence-electron chi connectivity index (χ4n) is 4.77. The third-order valence-electron chi connectivity index (χ3n) is 6.86. The highest BCUT2D eigenvalue weighted by molar-refractivity contribution is 5.87. The Morgan fingerprint density at radius 2 is 1.74 bits per heavy atom. The van der Waals surface area contributed by atoms with Crippen molar-refractivity contribution in [3.8, 4) is 5.75 Å². The van der Waals surface area contributed by atoms with Crippen LogP contribution in [0.25, 0.3) is 11.0 Å². The Morgan fingerprint density at radius 1 is 1.05 bits per heavy atom. The van der Waals surface area contributed by atoms with Crippen molar-refractivity contribution in [3.05, 3.63) is 39.2 Å². The van der Waals surface area contributed by atoms with E-state index >= 15 is 0 Å². The summed E-state index contributed by atoms with van der Waals surface area (Å²) in [5, 5.41) is 3.55. The van der Waals surface area contributed by atoms with Gasteiger partial charge in [0.1, 0.15) is 16.9 Å². The van der Waals surface area contributed by atoms with Crippen LogP contribution in [0.2, 0.25) is 0 Å². The zero-order chi connectivity index (χ0) is 28.0. The van der Waals surface area contributed by atoms with Crippen LogP contribution in [-0.4, -0.2) is 36.8 Å². The predicted octanol–water partition coefficient (Wildman–Crippen LogP) is 5.14. The van der Waals surface area contributed by atoms with E-state index in [0.29, 0.717) is 41.8 Å². The standard InChI is InChI=1S/C29H39NO8/c1-7-35-24(31)15-13-22-17(2)21-12-14-23(18(3)25(21)37-27(22)33)36-26(32)20-10-8-19(9-11-20)16-30-28(34)38-29(4,5)6/h12,14,19-20H,7-11,13,15-16H2,1-6H3,(H,30,34). The third kappa shape index (κ3) is 7.58. The van der Waals surface area contributed by atoms with E-state index in [1.807, 2.05) is 27.7 Å². The summed E-state index contributed by atoms with van der Waals surface area (Å²) in [4.78, 5) is 49.2. The monoisotopic (exact) mass is 529 g/mol. The van der Waals surface area contributed by atoms with Crippen molar-refractivity contribution in [1.29, 1.82) is 0 Å². The SMILES string of the molecule is CCOC(=O)CCc1c(C)c2ccc(OC(=O)C3CCC(CNC(=O)OC(C)(C)C)CC3)c(C)c2oc1=O. The molecule has 0 atom stereocenters. The van der Waals surface area contributed by atoms with E-state index < -0.39 is 17.3 Å². The lowest BCUT2D eigenvalue weighted by Gasteiger charge is -2.28. The predicted molar refractivity (Wildman–Crippen MR) is 142 cm³/mol. The number of esters is 2. The lowest BCUT2D eigenvalue weighted by Crippen LogP contribution is -2.36. The second-order valence-electron chi connectivity index (χ2n) is 10.9. The molecule has 1 amide bonds. The molecule has 9 heteroatoms. The first-order chi connectivity index (χ1) is 17.9. The summed E-state index contributed by atoms with van der Waals surface area (Å²) in [6.07, 6.45) is 2.84. The molecule has 0 bridgehead atoms. The molecule has 1 N–H and O–H groups in total. The minimum atomic E-state index is -0.542. The minimum absolute atomic E-state index is 0.0962. The summed E-state index contributed by atoms with van der Waals surface area (Å²) in [7, 11) is 0. The Balaban J connectivity index is 1.61. The van der Waals surface area contributed by atoms with E-state index in [9.17, 15) is 19.2 Å². The van der Waals surface area contributed by atoms with Gasteiger partial charge in [-0.2, -0.15) is 0 Å². The van der Waals surface area contributed by atoms with Crippen LogP contribution in [0.1, 0.15) is 76.5 Å². The molecule has 1 aliphatic rings. The summed E-state index contributed by atoms with van der Waals surface area (Å²) in [5.41, 5.74) is 1.06. The maximum Gasteiger partial charge on any atom is 0.407 e. The van der Waals surface area contributed by atoms with Gasteiger partial charge in [0.05, 0.1) is 12.5 Å². The molecule has 1 heterocycles. The molecule has 0 spiro atoms. The van der Waals surface area contributed by atoms with Crippen LogP contribution in [0.4, 0.5) is 4.79 Å². The van der Waals surface area contributed by atoms with Gasteiger partial charge in [0, 0.05) is 29.5 Å². The normalized spacial score (nSPS) is 17.6. The number of hydrogen-bond acceptors (Lipinski definition) is 8. The number of hydrogen-bond donors (Lipinski definition) is 1. The van der Waals surface area contributed by atoms with Crippen LogP contribution >= 0.6 is 0 Å². The van der Waals surface area contributed by atoms with Crippen molar-refractivity contribution in [2.24, 2.45) is 11.8 Å². The zero-order valence-electron chi connectivity index (χ0n) is 23.2. The number of ether oxygens (including phenoxy) is 3. The number of carbonyl (C=O) groups is 3. The average Bonchev–Trinajstić information content (AvgIpc) is 2.84. The molecule has 1 aliphatic carbocycles. The van der Waals surface area contributed by atoms with Crippen LogP contribution in [0.15, 0.2) is 21.3 Å². The van der Waals surface area contributed by atoms with Gasteiger partial charge in [0.2, 0.25) is 0 Å². The number of benzene rings is 1. The lowest BCUT2D eigenvalue weighted by molar-refractivity contribution is -0.143. The first-order valence-electron chi connectivity index (χ1n) is 13.3. The molecule has 3 rings (SSSR count). The second-order valence-corrected chi connectivity index (χ2v) is 10.9. The number of carbonyl (C=O) groups excluding carboxylic acids is 3. The van der Waals surface area contributed by atoms with E-state index in [2.05, 4.69) is 5.32 Å². The molecular formula is C29H39NO8. The Kier molecular flexibility index (Phi) is 9.57. The number of alkyl carbamates (subject to hydrolysis) is 1. The highest BCUT2D eigenvalue weighted by Gasteiger charge is 2.29. The Labute approximate surface area is 223 Å². The highest BCUT2D eigenvalue weighted by Crippen LogP contribution is 2.33. The number of nitrogens with one attached hydrogen (secondary N) is 1. The summed E-state index contributed by atoms with van der Waals surface area (Å²) < 4.78 is 21.6. The molecule has 1 aromatic carbocycles. The largest absolute Gasteiger partial charge is 0.466 e. The van der Waals surface area contributed by atoms with E-state index in [0.717, 1.165) is 23.8 Å². The quantitative estimate of drug-likeness (QED) is 0.283. The maximum atomic E-state index is 12.9. The molecule has 1 aromatic heterocycles. The maximum absolute atomic E-state index is 12.9. The van der Waals surface area contributed by atoms with Crippen molar-refractivity contribution >= 4 is 29.0 Å². The molecule has 0 aliphatic heterocycles. The first-order valence-corrected chi connectivity index (χ1v) is 13.3. The smallest absolute Gasteiger partial charge is 0.407 e. The van der Waals surface area contributed by atoms with Crippen molar-refractivity contribution in [3.63, 3.8) is 0 Å². The summed E-state index contributed by atoms with van der Waals surface area (Å²) in [6, 6.07) is 3.49. The van der Waals surface area contributed by atoms with Crippen molar-refractivity contribution in [1.82, 2.24) is 5.32 Å². The molecule has 38 heavy (non-hydrogen) atoms. The van der Waals surface area contributed by atoms with E-state index in [4.69, 9.17) is 18.6 Å². The fourth-order valence-corrected chi connectivity index (χ4v) is 4.77. The summed E-state index contributed by atoms with van der Waals surface area (Å²) >= 11 is 0. The van der Waals surface area contributed by atoms with Crippen LogP contribution < -0.4 is 15.7 Å². The number of fused-ring (bicyclic) bond motifs is 1. The van der Waals surface area contributed by atoms with Crippen LogP contribution in [0.5, 0.6) is 5.75 Å². The van der Waals surface area contributed by atoms with E-state index in [1.165, 1.54) is 0 Å². The van der Waals surface area contributed by atoms with E-state index in [1.54, 1.807) is 26.0 Å². The molecular weight excluding hydrogens is 490 g/mol. The average molecular weight is 530 g/mol. The van der Waals surface area contributed by atoms with Crippen LogP contribution in [0, 0.1) is 25.7 Å². The van der Waals surface area contributed by atoms with Crippen molar-refractivity contribution in [2.45, 2.75) is 85.7 Å². The van der Waals surface area contributed by atoms with Gasteiger partial charge in [-0.15, -0.1) is 0 Å². The summed E-state index contributed by atoms with van der Waals surface area (Å²) in [5.74, 6) is -0.265. The Hall–Kier alpha value is -3.36. The summed E-state index contributed by atoms with van der Waals surface area (Å²) in [6.45, 7) is 11.6. The first kappa shape index (κ1) is 29.2.